The van der Waals surface area contributed by atoms with Crippen LogP contribution in [0.2, 0.25) is 0 Å². The topological polar surface area (TPSA) is 26.3 Å². The zero-order chi connectivity index (χ0) is 10.3. The van der Waals surface area contributed by atoms with Crippen LogP contribution in [-0.2, 0) is 0 Å². The van der Waals surface area contributed by atoms with Gasteiger partial charge in [0.15, 0.2) is 5.78 Å². The Balaban J connectivity index is 2.51. The monoisotopic (exact) mass is 190 g/mol. The third-order valence-corrected chi connectivity index (χ3v) is 2.41. The first kappa shape index (κ1) is 9.25. The molecule has 0 atom stereocenters. The van der Waals surface area contributed by atoms with E-state index in [1.54, 1.807) is 0 Å². The quantitative estimate of drug-likeness (QED) is 0.628. The van der Waals surface area contributed by atoms with Crippen LogP contribution in [0.5, 0.6) is 5.75 Å². The molecule has 1 aromatic rings. The molecule has 1 aliphatic heterocycles. The third-order valence-electron chi connectivity index (χ3n) is 2.41. The van der Waals surface area contributed by atoms with Gasteiger partial charge in [0.25, 0.3) is 0 Å². The van der Waals surface area contributed by atoms with E-state index in [9.17, 15) is 4.79 Å². The van der Waals surface area contributed by atoms with Crippen LogP contribution in [0.4, 0.5) is 0 Å². The fraction of sp³-hybridized carbons (Fsp3) is 0.417. The van der Waals surface area contributed by atoms with Gasteiger partial charge < -0.3 is 4.74 Å². The number of carbonyl (C=O) groups excluding carboxylic acids is 1. The highest BCUT2D eigenvalue weighted by Gasteiger charge is 2.32. The van der Waals surface area contributed by atoms with Crippen molar-refractivity contribution in [2.24, 2.45) is 0 Å². The van der Waals surface area contributed by atoms with Crippen molar-refractivity contribution in [1.29, 1.82) is 0 Å². The summed E-state index contributed by atoms with van der Waals surface area (Å²) in [6, 6.07) is 5.72. The average molecular weight is 190 g/mol. The van der Waals surface area contributed by atoms with Crippen molar-refractivity contribution in [3.8, 4) is 5.75 Å². The molecule has 0 aromatic heterocycles. The summed E-state index contributed by atoms with van der Waals surface area (Å²) in [6.45, 7) is 5.88. The van der Waals surface area contributed by atoms with E-state index in [4.69, 9.17) is 4.74 Å². The summed E-state index contributed by atoms with van der Waals surface area (Å²) in [5, 5.41) is 0. The van der Waals surface area contributed by atoms with Crippen molar-refractivity contribution >= 4 is 5.78 Å². The van der Waals surface area contributed by atoms with Gasteiger partial charge in [-0.3, -0.25) is 4.79 Å². The molecule has 1 aromatic carbocycles. The van der Waals surface area contributed by atoms with E-state index in [0.29, 0.717) is 6.42 Å². The number of ketones is 1. The van der Waals surface area contributed by atoms with Crippen LogP contribution >= 0.6 is 0 Å². The van der Waals surface area contributed by atoms with Gasteiger partial charge in [0.05, 0.1) is 12.0 Å². The molecule has 0 aliphatic carbocycles. The Morgan fingerprint density at radius 1 is 1.36 bits per heavy atom. The minimum atomic E-state index is -0.363. The molecule has 0 fully saturated rings. The minimum absolute atomic E-state index is 0.177. The molecular weight excluding hydrogens is 176 g/mol. The highest BCUT2D eigenvalue weighted by atomic mass is 16.5. The van der Waals surface area contributed by atoms with Gasteiger partial charge in [-0.1, -0.05) is 6.07 Å². The van der Waals surface area contributed by atoms with Gasteiger partial charge in [0.2, 0.25) is 0 Å². The van der Waals surface area contributed by atoms with Gasteiger partial charge in [0, 0.05) is 0 Å². The molecule has 1 aliphatic rings. The Morgan fingerprint density at radius 2 is 2.07 bits per heavy atom. The summed E-state index contributed by atoms with van der Waals surface area (Å²) >= 11 is 0. The summed E-state index contributed by atoms with van der Waals surface area (Å²) in [4.78, 5) is 11.7. The minimum Gasteiger partial charge on any atom is -0.487 e. The van der Waals surface area contributed by atoms with Gasteiger partial charge in [0.1, 0.15) is 11.4 Å². The summed E-state index contributed by atoms with van der Waals surface area (Å²) in [6.07, 6.45) is 0.461. The van der Waals surface area contributed by atoms with Crippen LogP contribution < -0.4 is 4.74 Å². The molecule has 2 rings (SSSR count). The molecule has 0 N–H and O–H groups in total. The van der Waals surface area contributed by atoms with E-state index in [-0.39, 0.29) is 11.4 Å². The Labute approximate surface area is 83.9 Å². The van der Waals surface area contributed by atoms with Crippen molar-refractivity contribution in [2.75, 3.05) is 0 Å². The number of benzene rings is 1. The maximum absolute atomic E-state index is 11.7. The van der Waals surface area contributed by atoms with E-state index in [0.717, 1.165) is 16.9 Å². The molecule has 14 heavy (non-hydrogen) atoms. The lowest BCUT2D eigenvalue weighted by molar-refractivity contribution is 0.0620. The first-order valence-electron chi connectivity index (χ1n) is 4.81. The van der Waals surface area contributed by atoms with Gasteiger partial charge in [-0.25, -0.2) is 0 Å². The van der Waals surface area contributed by atoms with Crippen LogP contribution in [0.15, 0.2) is 18.2 Å². The fourth-order valence-electron chi connectivity index (χ4n) is 1.76. The van der Waals surface area contributed by atoms with E-state index < -0.39 is 0 Å². The fourth-order valence-corrected chi connectivity index (χ4v) is 1.76. The summed E-state index contributed by atoms with van der Waals surface area (Å²) in [7, 11) is 0. The second-order valence-corrected chi connectivity index (χ2v) is 4.46. The number of Topliss-reactive ketones (excluding diaryl/α,β-unsaturated/α-hetero) is 1. The standard InChI is InChI=1S/C12H14O2/c1-8-4-5-9-10(13)7-12(2,3)14-11(9)6-8/h4-6H,7H2,1-3H3. The van der Waals surface area contributed by atoms with Crippen LogP contribution in [0.1, 0.15) is 36.2 Å². The number of rotatable bonds is 0. The molecule has 2 nitrogen and oxygen atoms in total. The SMILES string of the molecule is Cc1ccc2c(c1)OC(C)(C)CC2=O. The van der Waals surface area contributed by atoms with Crippen LogP contribution in [0.25, 0.3) is 0 Å². The summed E-state index contributed by atoms with van der Waals surface area (Å²) < 4.78 is 5.75. The number of ether oxygens (including phenoxy) is 1. The second kappa shape index (κ2) is 2.84. The van der Waals surface area contributed by atoms with Gasteiger partial charge in [-0.05, 0) is 38.5 Å². The van der Waals surface area contributed by atoms with Gasteiger partial charge in [-0.15, -0.1) is 0 Å². The van der Waals surface area contributed by atoms with Crippen molar-refractivity contribution < 1.29 is 9.53 Å². The molecule has 0 saturated carbocycles. The predicted octanol–water partition coefficient (Wildman–Crippen LogP) is 2.74. The summed E-state index contributed by atoms with van der Waals surface area (Å²) in [5.74, 6) is 0.905. The van der Waals surface area contributed by atoms with Crippen LogP contribution in [0, 0.1) is 6.92 Å². The molecule has 74 valence electrons. The first-order chi connectivity index (χ1) is 6.48. The molecule has 0 amide bonds. The zero-order valence-corrected chi connectivity index (χ0v) is 8.76. The first-order valence-corrected chi connectivity index (χ1v) is 4.81. The van der Waals surface area contributed by atoms with Crippen molar-refractivity contribution in [2.45, 2.75) is 32.8 Å². The number of aryl methyl sites for hydroxylation is 1. The van der Waals surface area contributed by atoms with E-state index in [1.807, 2.05) is 39.0 Å². The van der Waals surface area contributed by atoms with E-state index in [2.05, 4.69) is 0 Å². The number of fused-ring (bicyclic) bond motifs is 1. The van der Waals surface area contributed by atoms with Crippen molar-refractivity contribution in [3.63, 3.8) is 0 Å². The zero-order valence-electron chi connectivity index (χ0n) is 8.76. The van der Waals surface area contributed by atoms with E-state index >= 15 is 0 Å². The molecule has 1 heterocycles. The highest BCUT2D eigenvalue weighted by molar-refractivity contribution is 6.00. The Hall–Kier alpha value is -1.31. The molecule has 2 heteroatoms. The largest absolute Gasteiger partial charge is 0.487 e. The van der Waals surface area contributed by atoms with Crippen molar-refractivity contribution in [3.05, 3.63) is 29.3 Å². The average Bonchev–Trinajstić information content (AvgIpc) is 2.00. The lowest BCUT2D eigenvalue weighted by atomic mass is 9.92. The van der Waals surface area contributed by atoms with Gasteiger partial charge in [-0.2, -0.15) is 0 Å². The molecule has 0 unspecified atom stereocenters. The maximum atomic E-state index is 11.7. The number of carbonyl (C=O) groups is 1. The van der Waals surface area contributed by atoms with Gasteiger partial charge >= 0.3 is 0 Å². The molecular formula is C12H14O2. The molecule has 0 saturated heterocycles. The number of hydrogen-bond acceptors (Lipinski definition) is 2. The lowest BCUT2D eigenvalue weighted by Crippen LogP contribution is -2.35. The second-order valence-electron chi connectivity index (χ2n) is 4.46. The normalized spacial score (nSPS) is 18.6. The maximum Gasteiger partial charge on any atom is 0.170 e. The third kappa shape index (κ3) is 1.52. The molecule has 0 bridgehead atoms. The number of hydrogen-bond donors (Lipinski definition) is 0. The highest BCUT2D eigenvalue weighted by Crippen LogP contribution is 2.33. The Kier molecular flexibility index (Phi) is 1.88. The Morgan fingerprint density at radius 3 is 2.79 bits per heavy atom. The lowest BCUT2D eigenvalue weighted by Gasteiger charge is -2.31. The smallest absolute Gasteiger partial charge is 0.170 e. The Bertz CT molecular complexity index is 391. The van der Waals surface area contributed by atoms with Crippen LogP contribution in [-0.4, -0.2) is 11.4 Å². The summed E-state index contributed by atoms with van der Waals surface area (Å²) in [5.41, 5.74) is 1.47. The van der Waals surface area contributed by atoms with Crippen LogP contribution in [0.3, 0.4) is 0 Å². The van der Waals surface area contributed by atoms with Crippen molar-refractivity contribution in [1.82, 2.24) is 0 Å². The molecule has 0 radical (unpaired) electrons. The molecule has 0 spiro atoms. The van der Waals surface area contributed by atoms with E-state index in [1.165, 1.54) is 0 Å². The predicted molar refractivity (Wildman–Crippen MR) is 54.8 cm³/mol.